The Morgan fingerprint density at radius 1 is 1.35 bits per heavy atom. The Labute approximate surface area is 116 Å². The van der Waals surface area contributed by atoms with Crippen LogP contribution < -0.4 is 0 Å². The van der Waals surface area contributed by atoms with Crippen LogP contribution >= 0.6 is 0 Å². The monoisotopic (exact) mass is 279 g/mol. The van der Waals surface area contributed by atoms with Gasteiger partial charge in [-0.05, 0) is 27.7 Å². The largest absolute Gasteiger partial charge is 0.455 e. The predicted molar refractivity (Wildman–Crippen MR) is 68.1 cm³/mol. The van der Waals surface area contributed by atoms with Gasteiger partial charge in [0.15, 0.2) is 11.5 Å². The first-order chi connectivity index (χ1) is 9.26. The van der Waals surface area contributed by atoms with Crippen LogP contribution in [0, 0.1) is 13.8 Å². The second kappa shape index (κ2) is 5.03. The average Bonchev–Trinajstić information content (AvgIpc) is 2.85. The van der Waals surface area contributed by atoms with Crippen molar-refractivity contribution >= 4 is 5.97 Å². The summed E-state index contributed by atoms with van der Waals surface area (Å²) >= 11 is 0. The van der Waals surface area contributed by atoms with Gasteiger partial charge in [-0.3, -0.25) is 0 Å². The summed E-state index contributed by atoms with van der Waals surface area (Å²) in [5, 5.41) is 11.5. The molecule has 0 N–H and O–H groups in total. The highest BCUT2D eigenvalue weighted by molar-refractivity contribution is 5.88. The summed E-state index contributed by atoms with van der Waals surface area (Å²) in [6.07, 6.45) is 0. The summed E-state index contributed by atoms with van der Waals surface area (Å²) in [6.45, 7) is 9.13. The normalized spacial score (nSPS) is 11.7. The predicted octanol–water partition coefficient (Wildman–Crippen LogP) is 1.28. The molecule has 0 saturated carbocycles. The number of nitrogens with zero attached hydrogens (tertiary/aromatic N) is 5. The Morgan fingerprint density at radius 3 is 2.60 bits per heavy atom. The number of rotatable bonds is 3. The minimum absolute atomic E-state index is 0.195. The topological polar surface area (TPSA) is 95.9 Å². The maximum absolute atomic E-state index is 12.0. The third kappa shape index (κ3) is 3.19. The zero-order valence-corrected chi connectivity index (χ0v) is 12.2. The number of aromatic nitrogens is 5. The van der Waals surface area contributed by atoms with Crippen molar-refractivity contribution in [1.29, 1.82) is 0 Å². The van der Waals surface area contributed by atoms with E-state index in [2.05, 4.69) is 20.5 Å². The zero-order valence-electron chi connectivity index (χ0n) is 12.2. The SMILES string of the molecule is Cc1nc(Cn2nnc(C(=O)OC(C)(C)C)c2C)no1. The molecule has 0 unspecified atom stereocenters. The lowest BCUT2D eigenvalue weighted by molar-refractivity contribution is 0.00618. The van der Waals surface area contributed by atoms with E-state index < -0.39 is 11.6 Å². The summed E-state index contributed by atoms with van der Waals surface area (Å²) in [4.78, 5) is 16.0. The van der Waals surface area contributed by atoms with Gasteiger partial charge in [0.25, 0.3) is 0 Å². The summed E-state index contributed by atoms with van der Waals surface area (Å²) in [5.41, 5.74) is 0.222. The molecular formula is C12H17N5O3. The minimum Gasteiger partial charge on any atom is -0.455 e. The Kier molecular flexibility index (Phi) is 3.56. The van der Waals surface area contributed by atoms with Crippen LogP contribution in [0.5, 0.6) is 0 Å². The van der Waals surface area contributed by atoms with Gasteiger partial charge in [-0.2, -0.15) is 4.98 Å². The highest BCUT2D eigenvalue weighted by Gasteiger charge is 2.23. The molecule has 0 aliphatic rings. The van der Waals surface area contributed by atoms with E-state index in [1.807, 2.05) is 0 Å². The Balaban J connectivity index is 2.16. The average molecular weight is 279 g/mol. The van der Waals surface area contributed by atoms with Gasteiger partial charge >= 0.3 is 5.97 Å². The number of hydrogen-bond donors (Lipinski definition) is 0. The first kappa shape index (κ1) is 14.2. The standard InChI is InChI=1S/C12H17N5O3/c1-7-10(11(18)19-12(3,4)5)14-16-17(7)6-9-13-8(2)20-15-9/h6H2,1-5H3. The maximum atomic E-state index is 12.0. The molecule has 0 fully saturated rings. The van der Waals surface area contributed by atoms with E-state index in [9.17, 15) is 4.79 Å². The van der Waals surface area contributed by atoms with Crippen molar-refractivity contribution in [3.05, 3.63) is 23.1 Å². The smallest absolute Gasteiger partial charge is 0.361 e. The molecule has 0 atom stereocenters. The quantitative estimate of drug-likeness (QED) is 0.781. The van der Waals surface area contributed by atoms with E-state index in [1.165, 1.54) is 4.68 Å². The van der Waals surface area contributed by atoms with Gasteiger partial charge in [-0.15, -0.1) is 5.10 Å². The van der Waals surface area contributed by atoms with Gasteiger partial charge in [0.1, 0.15) is 12.1 Å². The number of ether oxygens (including phenoxy) is 1. The molecule has 8 heteroatoms. The second-order valence-electron chi connectivity index (χ2n) is 5.41. The summed E-state index contributed by atoms with van der Waals surface area (Å²) in [7, 11) is 0. The Morgan fingerprint density at radius 2 is 2.05 bits per heavy atom. The van der Waals surface area contributed by atoms with Gasteiger partial charge in [-0.25, -0.2) is 9.48 Å². The van der Waals surface area contributed by atoms with Crippen LogP contribution in [0.1, 0.15) is 48.7 Å². The molecule has 0 aliphatic heterocycles. The van der Waals surface area contributed by atoms with Gasteiger partial charge in [0, 0.05) is 6.92 Å². The minimum atomic E-state index is -0.571. The van der Waals surface area contributed by atoms with Gasteiger partial charge < -0.3 is 9.26 Å². The van der Waals surface area contributed by atoms with Crippen LogP contribution in [0.2, 0.25) is 0 Å². The molecule has 0 amide bonds. The second-order valence-corrected chi connectivity index (χ2v) is 5.41. The molecule has 0 aliphatic carbocycles. The molecule has 2 rings (SSSR count). The van der Waals surface area contributed by atoms with Crippen LogP contribution in [-0.2, 0) is 11.3 Å². The molecule has 0 saturated heterocycles. The third-order valence-corrected chi connectivity index (χ3v) is 2.44. The third-order valence-electron chi connectivity index (χ3n) is 2.44. The summed E-state index contributed by atoms with van der Waals surface area (Å²) < 4.78 is 11.7. The number of aryl methyl sites for hydroxylation is 1. The fourth-order valence-corrected chi connectivity index (χ4v) is 1.57. The summed E-state index contributed by atoms with van der Waals surface area (Å²) in [5.74, 6) is 0.460. The highest BCUT2D eigenvalue weighted by Crippen LogP contribution is 2.13. The molecule has 20 heavy (non-hydrogen) atoms. The molecule has 2 aromatic heterocycles. The molecule has 8 nitrogen and oxygen atoms in total. The first-order valence-corrected chi connectivity index (χ1v) is 6.19. The molecule has 0 radical (unpaired) electrons. The number of carbonyl (C=O) groups is 1. The van der Waals surface area contributed by atoms with Crippen molar-refractivity contribution in [2.45, 2.75) is 46.8 Å². The van der Waals surface area contributed by atoms with E-state index in [0.29, 0.717) is 24.0 Å². The molecule has 2 heterocycles. The molecule has 108 valence electrons. The Hall–Kier alpha value is -2.25. The molecular weight excluding hydrogens is 262 g/mol. The van der Waals surface area contributed by atoms with Crippen molar-refractivity contribution in [2.24, 2.45) is 0 Å². The molecule has 0 aromatic carbocycles. The zero-order chi connectivity index (χ0) is 14.9. The first-order valence-electron chi connectivity index (χ1n) is 6.19. The summed E-state index contributed by atoms with van der Waals surface area (Å²) in [6, 6.07) is 0. The van der Waals surface area contributed by atoms with E-state index in [-0.39, 0.29) is 5.69 Å². The lowest BCUT2D eigenvalue weighted by atomic mass is 10.2. The van der Waals surface area contributed by atoms with Crippen molar-refractivity contribution in [1.82, 2.24) is 25.1 Å². The molecule has 2 aromatic rings. The maximum Gasteiger partial charge on any atom is 0.361 e. The van der Waals surface area contributed by atoms with E-state index in [4.69, 9.17) is 9.26 Å². The van der Waals surface area contributed by atoms with Crippen LogP contribution in [-0.4, -0.2) is 36.7 Å². The number of hydrogen-bond acceptors (Lipinski definition) is 7. The lowest BCUT2D eigenvalue weighted by Gasteiger charge is -2.18. The number of esters is 1. The van der Waals surface area contributed by atoms with Crippen molar-refractivity contribution < 1.29 is 14.1 Å². The van der Waals surface area contributed by atoms with Crippen molar-refractivity contribution in [3.8, 4) is 0 Å². The van der Waals surface area contributed by atoms with Crippen molar-refractivity contribution in [2.75, 3.05) is 0 Å². The van der Waals surface area contributed by atoms with Gasteiger partial charge in [0.2, 0.25) is 5.89 Å². The van der Waals surface area contributed by atoms with Crippen LogP contribution in [0.25, 0.3) is 0 Å². The van der Waals surface area contributed by atoms with E-state index in [0.717, 1.165) is 0 Å². The van der Waals surface area contributed by atoms with Gasteiger partial charge in [-0.1, -0.05) is 10.4 Å². The van der Waals surface area contributed by atoms with E-state index in [1.54, 1.807) is 34.6 Å². The highest BCUT2D eigenvalue weighted by atomic mass is 16.6. The van der Waals surface area contributed by atoms with Crippen LogP contribution in [0.4, 0.5) is 0 Å². The fourth-order valence-electron chi connectivity index (χ4n) is 1.57. The molecule has 0 bridgehead atoms. The van der Waals surface area contributed by atoms with Gasteiger partial charge in [0.05, 0.1) is 5.69 Å². The Bertz CT molecular complexity index is 623. The van der Waals surface area contributed by atoms with Crippen LogP contribution in [0.15, 0.2) is 4.52 Å². The van der Waals surface area contributed by atoms with Crippen molar-refractivity contribution in [3.63, 3.8) is 0 Å². The fraction of sp³-hybridized carbons (Fsp3) is 0.583. The molecule has 0 spiro atoms. The van der Waals surface area contributed by atoms with E-state index >= 15 is 0 Å². The lowest BCUT2D eigenvalue weighted by Crippen LogP contribution is -2.24. The van der Waals surface area contributed by atoms with Crippen LogP contribution in [0.3, 0.4) is 0 Å². The number of carbonyl (C=O) groups excluding carboxylic acids is 1.